The molecule has 0 aliphatic rings. The molecule has 0 amide bonds. The van der Waals surface area contributed by atoms with Crippen molar-refractivity contribution in [3.63, 3.8) is 0 Å². The van der Waals surface area contributed by atoms with Crippen LogP contribution in [0.25, 0.3) is 101 Å². The van der Waals surface area contributed by atoms with Gasteiger partial charge in [-0.1, -0.05) is 152 Å². The van der Waals surface area contributed by atoms with Gasteiger partial charge in [-0.3, -0.25) is 0 Å². The standard InChI is InChI=1S/C48H30N4O/c1-3-12-34(13-4-1)45-50-46(35-24-21-32(22-25-35)38-26-23-31-11-7-8-16-37(31)29-38)52-47(51-45)40-19-9-18-39(30-40)41-20-10-17-33-27-28-42-44(43(33)41)49-48(53-42)36-14-5-2-6-15-36/h1-30H. The Morgan fingerprint density at radius 3 is 1.64 bits per heavy atom. The van der Waals surface area contributed by atoms with Crippen molar-refractivity contribution in [3.8, 4) is 67.9 Å². The van der Waals surface area contributed by atoms with Crippen LogP contribution in [-0.2, 0) is 0 Å². The molecule has 0 aliphatic heterocycles. The van der Waals surface area contributed by atoms with Gasteiger partial charge in [-0.15, -0.1) is 0 Å². The summed E-state index contributed by atoms with van der Waals surface area (Å²) in [5.74, 6) is 2.45. The van der Waals surface area contributed by atoms with Crippen molar-refractivity contribution in [3.05, 3.63) is 182 Å². The molecule has 10 rings (SSSR count). The molecule has 0 spiro atoms. The van der Waals surface area contributed by atoms with Gasteiger partial charge in [-0.2, -0.15) is 0 Å². The molecule has 0 unspecified atom stereocenters. The Morgan fingerprint density at radius 2 is 0.868 bits per heavy atom. The number of nitrogens with zero attached hydrogens (tertiary/aromatic N) is 4. The van der Waals surface area contributed by atoms with Gasteiger partial charge in [0.2, 0.25) is 5.89 Å². The molecule has 10 aromatic rings. The average molecular weight is 679 g/mol. The van der Waals surface area contributed by atoms with Gasteiger partial charge < -0.3 is 4.42 Å². The maximum absolute atomic E-state index is 6.27. The maximum atomic E-state index is 6.27. The molecule has 5 heteroatoms. The van der Waals surface area contributed by atoms with Gasteiger partial charge >= 0.3 is 0 Å². The summed E-state index contributed by atoms with van der Waals surface area (Å²) >= 11 is 0. The minimum atomic E-state index is 0.604. The Labute approximate surface area is 305 Å². The van der Waals surface area contributed by atoms with Crippen LogP contribution in [0.2, 0.25) is 0 Å². The highest BCUT2D eigenvalue weighted by atomic mass is 16.3. The summed E-state index contributed by atoms with van der Waals surface area (Å²) in [5, 5.41) is 4.58. The van der Waals surface area contributed by atoms with Crippen LogP contribution in [0.3, 0.4) is 0 Å². The van der Waals surface area contributed by atoms with Crippen molar-refractivity contribution in [1.82, 2.24) is 19.9 Å². The quantitative estimate of drug-likeness (QED) is 0.175. The Balaban J connectivity index is 1.07. The first-order chi connectivity index (χ1) is 26.2. The molecule has 0 bridgehead atoms. The number of hydrogen-bond acceptors (Lipinski definition) is 5. The van der Waals surface area contributed by atoms with E-state index in [9.17, 15) is 0 Å². The maximum Gasteiger partial charge on any atom is 0.227 e. The van der Waals surface area contributed by atoms with Crippen LogP contribution < -0.4 is 0 Å². The lowest BCUT2D eigenvalue weighted by molar-refractivity contribution is 0.620. The minimum Gasteiger partial charge on any atom is -0.436 e. The fraction of sp³-hybridized carbons (Fsp3) is 0. The van der Waals surface area contributed by atoms with E-state index in [4.69, 9.17) is 24.4 Å². The van der Waals surface area contributed by atoms with Crippen LogP contribution in [0.1, 0.15) is 0 Å². The molecular formula is C48H30N4O. The van der Waals surface area contributed by atoms with Crippen LogP contribution in [0, 0.1) is 0 Å². The van der Waals surface area contributed by atoms with Crippen LogP contribution in [0.4, 0.5) is 0 Å². The highest BCUT2D eigenvalue weighted by molar-refractivity contribution is 6.12. The fourth-order valence-corrected chi connectivity index (χ4v) is 7.06. The smallest absolute Gasteiger partial charge is 0.227 e. The monoisotopic (exact) mass is 678 g/mol. The topological polar surface area (TPSA) is 64.7 Å². The van der Waals surface area contributed by atoms with E-state index in [-0.39, 0.29) is 0 Å². The second-order valence-corrected chi connectivity index (χ2v) is 13.1. The van der Waals surface area contributed by atoms with Crippen molar-refractivity contribution in [2.45, 2.75) is 0 Å². The Morgan fingerprint density at radius 1 is 0.321 bits per heavy atom. The largest absolute Gasteiger partial charge is 0.436 e. The molecule has 0 saturated heterocycles. The fourth-order valence-electron chi connectivity index (χ4n) is 7.06. The molecule has 0 atom stereocenters. The lowest BCUT2D eigenvalue weighted by Gasteiger charge is -2.11. The predicted molar refractivity (Wildman–Crippen MR) is 215 cm³/mol. The predicted octanol–water partition coefficient (Wildman–Crippen LogP) is 12.3. The molecule has 2 heterocycles. The normalized spacial score (nSPS) is 11.4. The van der Waals surface area contributed by atoms with Crippen molar-refractivity contribution in [1.29, 1.82) is 0 Å². The van der Waals surface area contributed by atoms with Crippen molar-refractivity contribution >= 4 is 32.6 Å². The molecule has 2 aromatic heterocycles. The van der Waals surface area contributed by atoms with E-state index in [0.717, 1.165) is 60.8 Å². The molecule has 0 saturated carbocycles. The summed E-state index contributed by atoms with van der Waals surface area (Å²) in [6.45, 7) is 0. The zero-order valence-corrected chi connectivity index (χ0v) is 28.5. The average Bonchev–Trinajstić information content (AvgIpc) is 3.69. The first-order valence-electron chi connectivity index (χ1n) is 17.6. The van der Waals surface area contributed by atoms with Gasteiger partial charge in [0.1, 0.15) is 5.52 Å². The van der Waals surface area contributed by atoms with E-state index in [0.29, 0.717) is 23.4 Å². The number of rotatable bonds is 6. The Kier molecular flexibility index (Phi) is 7.40. The molecular weight excluding hydrogens is 649 g/mol. The Bertz CT molecular complexity index is 2940. The summed E-state index contributed by atoms with van der Waals surface area (Å²) in [6, 6.07) is 62.4. The summed E-state index contributed by atoms with van der Waals surface area (Å²) in [6.07, 6.45) is 0. The molecule has 53 heavy (non-hydrogen) atoms. The van der Waals surface area contributed by atoms with Gasteiger partial charge in [0, 0.05) is 27.6 Å². The first-order valence-corrected chi connectivity index (χ1v) is 17.6. The van der Waals surface area contributed by atoms with E-state index in [1.807, 2.05) is 66.7 Å². The lowest BCUT2D eigenvalue weighted by atomic mass is 9.96. The number of fused-ring (bicyclic) bond motifs is 4. The third-order valence-electron chi connectivity index (χ3n) is 9.75. The SMILES string of the molecule is c1ccc(-c2nc(-c3ccc(-c4ccc5ccccc5c4)cc3)nc(-c3cccc(-c4cccc5ccc6oc(-c7ccccc7)nc6c45)c3)n2)cc1. The van der Waals surface area contributed by atoms with E-state index >= 15 is 0 Å². The summed E-state index contributed by atoms with van der Waals surface area (Å²) in [4.78, 5) is 20.1. The van der Waals surface area contributed by atoms with Gasteiger partial charge in [-0.25, -0.2) is 19.9 Å². The van der Waals surface area contributed by atoms with Crippen LogP contribution in [0.15, 0.2) is 186 Å². The van der Waals surface area contributed by atoms with Gasteiger partial charge in [0.05, 0.1) is 0 Å². The molecule has 0 N–H and O–H groups in total. The van der Waals surface area contributed by atoms with Gasteiger partial charge in [0.25, 0.3) is 0 Å². The highest BCUT2D eigenvalue weighted by Crippen LogP contribution is 2.37. The highest BCUT2D eigenvalue weighted by Gasteiger charge is 2.17. The Hall–Kier alpha value is -7.24. The summed E-state index contributed by atoms with van der Waals surface area (Å²) < 4.78 is 6.27. The van der Waals surface area contributed by atoms with Crippen molar-refractivity contribution in [2.75, 3.05) is 0 Å². The molecule has 0 fully saturated rings. The van der Waals surface area contributed by atoms with E-state index in [2.05, 4.69) is 115 Å². The third kappa shape index (κ3) is 5.71. The molecule has 0 aliphatic carbocycles. The second-order valence-electron chi connectivity index (χ2n) is 13.1. The van der Waals surface area contributed by atoms with E-state index in [1.54, 1.807) is 0 Å². The minimum absolute atomic E-state index is 0.604. The summed E-state index contributed by atoms with van der Waals surface area (Å²) in [7, 11) is 0. The van der Waals surface area contributed by atoms with Crippen LogP contribution in [0.5, 0.6) is 0 Å². The number of oxazole rings is 1. The first kappa shape index (κ1) is 30.6. The molecule has 8 aromatic carbocycles. The molecule has 0 radical (unpaired) electrons. The van der Waals surface area contributed by atoms with Crippen LogP contribution >= 0.6 is 0 Å². The zero-order valence-electron chi connectivity index (χ0n) is 28.5. The van der Waals surface area contributed by atoms with Crippen molar-refractivity contribution < 1.29 is 4.42 Å². The number of hydrogen-bond donors (Lipinski definition) is 0. The summed E-state index contributed by atoms with van der Waals surface area (Å²) in [5.41, 5.74) is 9.67. The second kappa shape index (κ2) is 12.8. The van der Waals surface area contributed by atoms with Crippen molar-refractivity contribution in [2.24, 2.45) is 0 Å². The molecule has 248 valence electrons. The number of benzene rings is 8. The van der Waals surface area contributed by atoms with E-state index in [1.165, 1.54) is 16.3 Å². The third-order valence-corrected chi connectivity index (χ3v) is 9.75. The van der Waals surface area contributed by atoms with Gasteiger partial charge in [-0.05, 0) is 68.7 Å². The number of aromatic nitrogens is 4. The van der Waals surface area contributed by atoms with Gasteiger partial charge in [0.15, 0.2) is 23.1 Å². The molecule has 5 nitrogen and oxygen atoms in total. The zero-order chi connectivity index (χ0) is 35.1. The lowest BCUT2D eigenvalue weighted by Crippen LogP contribution is -2.00. The van der Waals surface area contributed by atoms with Crippen LogP contribution in [-0.4, -0.2) is 19.9 Å². The van der Waals surface area contributed by atoms with E-state index < -0.39 is 0 Å².